The first kappa shape index (κ1) is 15.1. The Morgan fingerprint density at radius 1 is 1.10 bits per heavy atom. The van der Waals surface area contributed by atoms with Crippen LogP contribution in [0.5, 0.6) is 0 Å². The molecular formula is C18H22ClN. The lowest BCUT2D eigenvalue weighted by molar-refractivity contribution is 0.659. The first-order valence-corrected chi connectivity index (χ1v) is 7.47. The average Bonchev–Trinajstić information content (AvgIpc) is 2.43. The third kappa shape index (κ3) is 3.62. The lowest BCUT2D eigenvalue weighted by atomic mass is 9.85. The highest BCUT2D eigenvalue weighted by molar-refractivity contribution is 6.30. The Morgan fingerprint density at radius 3 is 2.60 bits per heavy atom. The van der Waals surface area contributed by atoms with E-state index < -0.39 is 0 Å². The highest BCUT2D eigenvalue weighted by atomic mass is 35.5. The summed E-state index contributed by atoms with van der Waals surface area (Å²) in [6.07, 6.45) is 1.07. The van der Waals surface area contributed by atoms with Crippen LogP contribution in [-0.4, -0.2) is 13.6 Å². The molecule has 2 aromatic carbocycles. The van der Waals surface area contributed by atoms with Gasteiger partial charge in [0.15, 0.2) is 0 Å². The van der Waals surface area contributed by atoms with Crippen LogP contribution in [0.1, 0.15) is 34.6 Å². The molecule has 1 atom stereocenters. The summed E-state index contributed by atoms with van der Waals surface area (Å²) in [5, 5.41) is 4.06. The predicted octanol–water partition coefficient (Wildman–Crippen LogP) is 4.70. The second-order valence-electron chi connectivity index (χ2n) is 5.36. The van der Waals surface area contributed by atoms with Crippen LogP contribution >= 0.6 is 11.6 Å². The summed E-state index contributed by atoms with van der Waals surface area (Å²) >= 11 is 6.17. The van der Waals surface area contributed by atoms with Crippen LogP contribution in [0.3, 0.4) is 0 Å². The fraction of sp³-hybridized carbons (Fsp3) is 0.333. The molecule has 1 unspecified atom stereocenters. The standard InChI is InChI=1S/C18H22ClN/c1-13-7-8-14(2)18(11-13)17(9-10-20-3)15-5-4-6-16(19)12-15/h4-8,11-12,17,20H,9-10H2,1-3H3. The van der Waals surface area contributed by atoms with Crippen molar-refractivity contribution in [2.24, 2.45) is 0 Å². The van der Waals surface area contributed by atoms with Crippen molar-refractivity contribution in [1.82, 2.24) is 5.32 Å². The van der Waals surface area contributed by atoms with Crippen LogP contribution in [0.2, 0.25) is 5.02 Å². The second-order valence-corrected chi connectivity index (χ2v) is 5.80. The Kier molecular flexibility index (Phi) is 5.22. The Hall–Kier alpha value is -1.31. The van der Waals surface area contributed by atoms with Crippen LogP contribution < -0.4 is 5.32 Å². The van der Waals surface area contributed by atoms with Gasteiger partial charge in [0.2, 0.25) is 0 Å². The fourth-order valence-corrected chi connectivity index (χ4v) is 2.85. The van der Waals surface area contributed by atoms with Gasteiger partial charge in [0.05, 0.1) is 0 Å². The van der Waals surface area contributed by atoms with E-state index >= 15 is 0 Å². The van der Waals surface area contributed by atoms with Crippen LogP contribution in [0.15, 0.2) is 42.5 Å². The summed E-state index contributed by atoms with van der Waals surface area (Å²) in [5.74, 6) is 0.390. The van der Waals surface area contributed by atoms with E-state index in [1.54, 1.807) is 0 Å². The molecule has 0 amide bonds. The van der Waals surface area contributed by atoms with E-state index in [9.17, 15) is 0 Å². The molecule has 106 valence electrons. The van der Waals surface area contributed by atoms with Crippen LogP contribution in [-0.2, 0) is 0 Å². The zero-order chi connectivity index (χ0) is 14.5. The Labute approximate surface area is 127 Å². The number of hydrogen-bond acceptors (Lipinski definition) is 1. The first-order chi connectivity index (χ1) is 9.61. The molecule has 20 heavy (non-hydrogen) atoms. The maximum absolute atomic E-state index is 6.17. The number of aryl methyl sites for hydroxylation is 2. The number of nitrogens with one attached hydrogen (secondary N) is 1. The lowest BCUT2D eigenvalue weighted by Gasteiger charge is -2.21. The van der Waals surface area contributed by atoms with Gasteiger partial charge in [-0.2, -0.15) is 0 Å². The molecule has 0 aromatic heterocycles. The topological polar surface area (TPSA) is 12.0 Å². The van der Waals surface area contributed by atoms with E-state index in [-0.39, 0.29) is 0 Å². The number of hydrogen-bond donors (Lipinski definition) is 1. The van der Waals surface area contributed by atoms with Crippen molar-refractivity contribution in [2.75, 3.05) is 13.6 Å². The molecule has 0 fully saturated rings. The molecule has 0 spiro atoms. The molecule has 2 heteroatoms. The van der Waals surface area contributed by atoms with E-state index in [4.69, 9.17) is 11.6 Å². The Bertz CT molecular complexity index is 577. The van der Waals surface area contributed by atoms with Crippen molar-refractivity contribution in [3.8, 4) is 0 Å². The molecule has 2 rings (SSSR count). The number of benzene rings is 2. The minimum absolute atomic E-state index is 0.390. The molecule has 1 nitrogen and oxygen atoms in total. The van der Waals surface area contributed by atoms with Gasteiger partial charge in [0, 0.05) is 10.9 Å². The maximum Gasteiger partial charge on any atom is 0.0408 e. The highest BCUT2D eigenvalue weighted by Crippen LogP contribution is 2.32. The highest BCUT2D eigenvalue weighted by Gasteiger charge is 2.16. The third-order valence-electron chi connectivity index (χ3n) is 3.74. The summed E-state index contributed by atoms with van der Waals surface area (Å²) in [5.41, 5.74) is 5.35. The van der Waals surface area contributed by atoms with Gasteiger partial charge in [-0.15, -0.1) is 0 Å². The molecule has 0 radical (unpaired) electrons. The zero-order valence-corrected chi connectivity index (χ0v) is 13.2. The fourth-order valence-electron chi connectivity index (χ4n) is 2.65. The molecule has 0 bridgehead atoms. The quantitative estimate of drug-likeness (QED) is 0.840. The van der Waals surface area contributed by atoms with Gasteiger partial charge in [0.1, 0.15) is 0 Å². The normalized spacial score (nSPS) is 12.4. The molecule has 0 saturated heterocycles. The van der Waals surface area contributed by atoms with Crippen LogP contribution in [0, 0.1) is 13.8 Å². The van der Waals surface area contributed by atoms with E-state index in [0.717, 1.165) is 18.0 Å². The molecule has 0 aliphatic carbocycles. The largest absolute Gasteiger partial charge is 0.320 e. The number of halogens is 1. The molecular weight excluding hydrogens is 266 g/mol. The molecule has 1 N–H and O–H groups in total. The van der Waals surface area contributed by atoms with Crippen molar-refractivity contribution in [3.63, 3.8) is 0 Å². The van der Waals surface area contributed by atoms with E-state index in [2.05, 4.69) is 49.5 Å². The molecule has 0 heterocycles. The summed E-state index contributed by atoms with van der Waals surface area (Å²) in [6, 6.07) is 14.9. The summed E-state index contributed by atoms with van der Waals surface area (Å²) < 4.78 is 0. The SMILES string of the molecule is CNCCC(c1cccc(Cl)c1)c1cc(C)ccc1C. The summed E-state index contributed by atoms with van der Waals surface area (Å²) in [4.78, 5) is 0. The maximum atomic E-state index is 6.17. The summed E-state index contributed by atoms with van der Waals surface area (Å²) in [7, 11) is 2.00. The van der Waals surface area contributed by atoms with E-state index in [1.165, 1.54) is 22.3 Å². The minimum atomic E-state index is 0.390. The predicted molar refractivity (Wildman–Crippen MR) is 87.8 cm³/mol. The van der Waals surface area contributed by atoms with Crippen molar-refractivity contribution in [2.45, 2.75) is 26.2 Å². The van der Waals surface area contributed by atoms with Gasteiger partial charge < -0.3 is 5.32 Å². The van der Waals surface area contributed by atoms with Crippen LogP contribution in [0.25, 0.3) is 0 Å². The van der Waals surface area contributed by atoms with Gasteiger partial charge in [-0.1, -0.05) is 47.5 Å². The van der Waals surface area contributed by atoms with Gasteiger partial charge in [-0.05, 0) is 62.7 Å². The number of rotatable bonds is 5. The third-order valence-corrected chi connectivity index (χ3v) is 3.98. The van der Waals surface area contributed by atoms with Gasteiger partial charge in [-0.25, -0.2) is 0 Å². The molecule has 2 aromatic rings. The van der Waals surface area contributed by atoms with E-state index in [1.807, 2.05) is 19.2 Å². The average molecular weight is 288 g/mol. The first-order valence-electron chi connectivity index (χ1n) is 7.09. The second kappa shape index (κ2) is 6.92. The Morgan fingerprint density at radius 2 is 1.90 bits per heavy atom. The molecule has 0 aliphatic rings. The van der Waals surface area contributed by atoms with Gasteiger partial charge in [0.25, 0.3) is 0 Å². The monoisotopic (exact) mass is 287 g/mol. The molecule has 0 saturated carbocycles. The van der Waals surface area contributed by atoms with Gasteiger partial charge >= 0.3 is 0 Å². The zero-order valence-electron chi connectivity index (χ0n) is 12.4. The Balaban J connectivity index is 2.44. The van der Waals surface area contributed by atoms with Crippen molar-refractivity contribution < 1.29 is 0 Å². The molecule has 0 aliphatic heterocycles. The van der Waals surface area contributed by atoms with Crippen molar-refractivity contribution >= 4 is 11.6 Å². The summed E-state index contributed by atoms with van der Waals surface area (Å²) in [6.45, 7) is 5.33. The van der Waals surface area contributed by atoms with Gasteiger partial charge in [-0.3, -0.25) is 0 Å². The minimum Gasteiger partial charge on any atom is -0.320 e. The van der Waals surface area contributed by atoms with Crippen molar-refractivity contribution in [1.29, 1.82) is 0 Å². The lowest BCUT2D eigenvalue weighted by Crippen LogP contribution is -2.14. The van der Waals surface area contributed by atoms with E-state index in [0.29, 0.717) is 5.92 Å². The van der Waals surface area contributed by atoms with Crippen LogP contribution in [0.4, 0.5) is 0 Å². The van der Waals surface area contributed by atoms with Crippen molar-refractivity contribution in [3.05, 3.63) is 69.7 Å². The smallest absolute Gasteiger partial charge is 0.0408 e.